The fraction of sp³-hybridized carbons (Fsp3) is 0.357. The molecule has 38 heavy (non-hydrogen) atoms. The normalized spacial score (nSPS) is 18.2. The molecule has 1 atom stereocenters. The number of carbonyl (C=O) groups excluding carboxylic acids is 1. The summed E-state index contributed by atoms with van der Waals surface area (Å²) in [6, 6.07) is 10.6. The monoisotopic (exact) mass is 514 g/mol. The van der Waals surface area contributed by atoms with Gasteiger partial charge in [-0.3, -0.25) is 4.98 Å². The highest BCUT2D eigenvalue weighted by Gasteiger charge is 2.30. The smallest absolute Gasteiger partial charge is 0.335 e. The number of pyridine rings is 2. The molecule has 1 aromatic carbocycles. The number of H-pyrrole nitrogens is 1. The lowest BCUT2D eigenvalue weighted by molar-refractivity contribution is 0.0696. The standard InChI is InChI=1S/C28H30N6O4/c35-27(36)20-5-7-21(8-6-20)38-18-19-3-2-10-34(17-19)28(37)33-13-11-32(12-14-33)24-16-31-26-25(24)22-4-1-9-29-23(22)15-30-26/h1,4-9,15-16,19H,2-3,10-14,17-18H2,(H,30,31)(H,35,36). The molecule has 4 aromatic rings. The Morgan fingerprint density at radius 3 is 2.63 bits per heavy atom. The van der Waals surface area contributed by atoms with Crippen molar-refractivity contribution in [3.8, 4) is 5.75 Å². The van der Waals surface area contributed by atoms with Crippen LogP contribution in [0, 0.1) is 5.92 Å². The number of carbonyl (C=O) groups is 2. The van der Waals surface area contributed by atoms with E-state index in [0.717, 1.165) is 60.1 Å². The number of aromatic nitrogens is 3. The molecule has 0 saturated carbocycles. The van der Waals surface area contributed by atoms with E-state index in [2.05, 4.69) is 25.9 Å². The Hall–Kier alpha value is -4.34. The average Bonchev–Trinajstić information content (AvgIpc) is 3.41. The van der Waals surface area contributed by atoms with Gasteiger partial charge in [-0.2, -0.15) is 0 Å². The van der Waals surface area contributed by atoms with Crippen LogP contribution < -0.4 is 9.64 Å². The molecule has 0 bridgehead atoms. The summed E-state index contributed by atoms with van der Waals surface area (Å²) in [7, 11) is 0. The Kier molecular flexibility index (Phi) is 6.45. The maximum Gasteiger partial charge on any atom is 0.335 e. The fourth-order valence-corrected chi connectivity index (χ4v) is 5.50. The molecule has 0 spiro atoms. The minimum Gasteiger partial charge on any atom is -0.493 e. The summed E-state index contributed by atoms with van der Waals surface area (Å²) in [4.78, 5) is 42.9. The average molecular weight is 515 g/mol. The number of urea groups is 1. The second-order valence-electron chi connectivity index (χ2n) is 9.94. The number of ether oxygens (including phenoxy) is 1. The highest BCUT2D eigenvalue weighted by Crippen LogP contribution is 2.32. The predicted octanol–water partition coefficient (Wildman–Crippen LogP) is 3.84. The summed E-state index contributed by atoms with van der Waals surface area (Å²) >= 11 is 0. The number of fused-ring (bicyclic) bond motifs is 3. The number of likely N-dealkylation sites (tertiary alicyclic amines) is 1. The van der Waals surface area contributed by atoms with E-state index >= 15 is 0 Å². The molecule has 0 aliphatic carbocycles. The third-order valence-electron chi connectivity index (χ3n) is 7.53. The Balaban J connectivity index is 1.05. The SMILES string of the molecule is O=C(O)c1ccc(OCC2CCCN(C(=O)N3CCN(c4c[nH]c5ncc6ncccc6c45)CC3)C2)cc1. The second kappa shape index (κ2) is 10.2. The number of nitrogens with one attached hydrogen (secondary N) is 1. The van der Waals surface area contributed by atoms with Crippen molar-refractivity contribution < 1.29 is 19.4 Å². The van der Waals surface area contributed by atoms with Gasteiger partial charge in [-0.05, 0) is 43.2 Å². The molecule has 3 aromatic heterocycles. The fourth-order valence-electron chi connectivity index (χ4n) is 5.50. The molecule has 6 rings (SSSR count). The molecule has 196 valence electrons. The summed E-state index contributed by atoms with van der Waals surface area (Å²) in [6.07, 6.45) is 7.53. The van der Waals surface area contributed by atoms with Crippen LogP contribution in [0.1, 0.15) is 23.2 Å². The van der Waals surface area contributed by atoms with Crippen LogP contribution in [-0.4, -0.2) is 87.7 Å². The molecule has 10 heteroatoms. The Labute approximate surface area is 219 Å². The zero-order valence-corrected chi connectivity index (χ0v) is 21.0. The van der Waals surface area contributed by atoms with E-state index in [1.807, 2.05) is 22.1 Å². The minimum atomic E-state index is -0.955. The first-order valence-corrected chi connectivity index (χ1v) is 13.0. The van der Waals surface area contributed by atoms with E-state index in [4.69, 9.17) is 9.84 Å². The van der Waals surface area contributed by atoms with Gasteiger partial charge < -0.3 is 29.5 Å². The molecule has 5 heterocycles. The van der Waals surface area contributed by atoms with Gasteiger partial charge in [0.25, 0.3) is 0 Å². The molecule has 2 amide bonds. The molecule has 2 aliphatic heterocycles. The van der Waals surface area contributed by atoms with E-state index in [-0.39, 0.29) is 17.5 Å². The van der Waals surface area contributed by atoms with Gasteiger partial charge in [0.15, 0.2) is 0 Å². The summed E-state index contributed by atoms with van der Waals surface area (Å²) in [5.41, 5.74) is 3.05. The van der Waals surface area contributed by atoms with Gasteiger partial charge in [-0.15, -0.1) is 0 Å². The molecule has 1 unspecified atom stereocenters. The maximum absolute atomic E-state index is 13.4. The number of hydrogen-bond donors (Lipinski definition) is 2. The van der Waals surface area contributed by atoms with Gasteiger partial charge in [0, 0.05) is 63.0 Å². The van der Waals surface area contributed by atoms with Gasteiger partial charge in [-0.25, -0.2) is 14.6 Å². The molecular formula is C28H30N6O4. The minimum absolute atomic E-state index is 0.0930. The molecular weight excluding hydrogens is 484 g/mol. The largest absolute Gasteiger partial charge is 0.493 e. The lowest BCUT2D eigenvalue weighted by Crippen LogP contribution is -2.54. The number of piperidine rings is 1. The van der Waals surface area contributed by atoms with Gasteiger partial charge in [0.05, 0.1) is 35.0 Å². The summed E-state index contributed by atoms with van der Waals surface area (Å²) in [6.45, 7) is 4.76. The van der Waals surface area contributed by atoms with E-state index < -0.39 is 5.97 Å². The first-order chi connectivity index (χ1) is 18.6. The Morgan fingerprint density at radius 1 is 1.03 bits per heavy atom. The first kappa shape index (κ1) is 24.0. The molecule has 2 N–H and O–H groups in total. The van der Waals surface area contributed by atoms with Crippen LogP contribution in [0.4, 0.5) is 10.5 Å². The zero-order valence-electron chi connectivity index (χ0n) is 21.0. The van der Waals surface area contributed by atoms with Crippen molar-refractivity contribution in [1.29, 1.82) is 0 Å². The number of anilines is 1. The Morgan fingerprint density at radius 2 is 1.84 bits per heavy atom. The van der Waals surface area contributed by atoms with Crippen molar-refractivity contribution >= 4 is 39.6 Å². The second-order valence-corrected chi connectivity index (χ2v) is 9.94. The predicted molar refractivity (Wildman–Crippen MR) is 144 cm³/mol. The van der Waals surface area contributed by atoms with Crippen molar-refractivity contribution in [2.45, 2.75) is 12.8 Å². The van der Waals surface area contributed by atoms with Crippen LogP contribution in [0.2, 0.25) is 0 Å². The number of carboxylic acid groups (broad SMARTS) is 1. The number of carboxylic acids is 1. The number of amides is 2. The number of nitrogens with zero attached hydrogens (tertiary/aromatic N) is 5. The highest BCUT2D eigenvalue weighted by atomic mass is 16.5. The van der Waals surface area contributed by atoms with Gasteiger partial charge in [0.2, 0.25) is 0 Å². The van der Waals surface area contributed by atoms with Crippen LogP contribution in [0.25, 0.3) is 21.9 Å². The lowest BCUT2D eigenvalue weighted by atomic mass is 9.99. The van der Waals surface area contributed by atoms with E-state index in [1.54, 1.807) is 36.7 Å². The van der Waals surface area contributed by atoms with E-state index in [9.17, 15) is 9.59 Å². The maximum atomic E-state index is 13.4. The van der Waals surface area contributed by atoms with Gasteiger partial charge in [0.1, 0.15) is 11.4 Å². The molecule has 2 fully saturated rings. The summed E-state index contributed by atoms with van der Waals surface area (Å²) < 4.78 is 5.91. The van der Waals surface area contributed by atoms with Crippen LogP contribution in [0.15, 0.2) is 55.0 Å². The van der Waals surface area contributed by atoms with Crippen molar-refractivity contribution in [1.82, 2.24) is 24.8 Å². The summed E-state index contributed by atoms with van der Waals surface area (Å²) in [5, 5.41) is 11.2. The number of aromatic carboxylic acids is 1. The van der Waals surface area contributed by atoms with Crippen LogP contribution in [0.5, 0.6) is 5.75 Å². The van der Waals surface area contributed by atoms with Gasteiger partial charge >= 0.3 is 12.0 Å². The molecule has 0 radical (unpaired) electrons. The van der Waals surface area contributed by atoms with Crippen molar-refractivity contribution in [2.24, 2.45) is 5.92 Å². The number of aromatic amines is 1. The number of rotatable bonds is 5. The lowest BCUT2D eigenvalue weighted by Gasteiger charge is -2.40. The molecule has 10 nitrogen and oxygen atoms in total. The topological polar surface area (TPSA) is 115 Å². The number of piperazine rings is 1. The molecule has 2 aliphatic rings. The van der Waals surface area contributed by atoms with Crippen molar-refractivity contribution in [3.63, 3.8) is 0 Å². The van der Waals surface area contributed by atoms with E-state index in [0.29, 0.717) is 32.0 Å². The third kappa shape index (κ3) is 4.69. The number of benzene rings is 1. The van der Waals surface area contributed by atoms with Crippen molar-refractivity contribution in [3.05, 3.63) is 60.6 Å². The number of hydrogen-bond acceptors (Lipinski definition) is 6. The zero-order chi connectivity index (χ0) is 26.1. The highest BCUT2D eigenvalue weighted by molar-refractivity contribution is 6.10. The quantitative estimate of drug-likeness (QED) is 0.416. The van der Waals surface area contributed by atoms with Crippen LogP contribution >= 0.6 is 0 Å². The van der Waals surface area contributed by atoms with Gasteiger partial charge in [-0.1, -0.05) is 6.07 Å². The Bertz CT molecular complexity index is 1460. The first-order valence-electron chi connectivity index (χ1n) is 13.0. The van der Waals surface area contributed by atoms with E-state index in [1.165, 1.54) is 0 Å². The third-order valence-corrected chi connectivity index (χ3v) is 7.53. The molecule has 2 saturated heterocycles. The summed E-state index contributed by atoms with van der Waals surface area (Å²) in [5.74, 6) is -0.0672. The van der Waals surface area contributed by atoms with Crippen molar-refractivity contribution in [2.75, 3.05) is 50.8 Å². The van der Waals surface area contributed by atoms with Crippen LogP contribution in [-0.2, 0) is 0 Å². The van der Waals surface area contributed by atoms with Crippen LogP contribution in [0.3, 0.4) is 0 Å².